The van der Waals surface area contributed by atoms with Crippen molar-refractivity contribution >= 4 is 5.78 Å². The molecule has 0 amide bonds. The highest BCUT2D eigenvalue weighted by Crippen LogP contribution is 2.43. The van der Waals surface area contributed by atoms with Gasteiger partial charge in [-0.25, -0.2) is 4.98 Å². The average Bonchev–Trinajstić information content (AvgIpc) is 2.97. The van der Waals surface area contributed by atoms with Crippen molar-refractivity contribution in [1.82, 2.24) is 9.97 Å². The first-order valence-electron chi connectivity index (χ1n) is 7.01. The maximum atomic E-state index is 11.9. The van der Waals surface area contributed by atoms with Crippen molar-refractivity contribution < 1.29 is 4.79 Å². The van der Waals surface area contributed by atoms with E-state index in [0.717, 1.165) is 51.5 Å². The summed E-state index contributed by atoms with van der Waals surface area (Å²) in [6.45, 7) is 0.741. The van der Waals surface area contributed by atoms with E-state index in [0.29, 0.717) is 17.6 Å². The number of H-pyrrole nitrogens is 1. The van der Waals surface area contributed by atoms with Crippen LogP contribution >= 0.6 is 0 Å². The lowest BCUT2D eigenvalue weighted by molar-refractivity contribution is -0.120. The lowest BCUT2D eigenvalue weighted by Gasteiger charge is -2.00. The molecule has 0 radical (unpaired) electrons. The molecule has 0 aliphatic heterocycles. The summed E-state index contributed by atoms with van der Waals surface area (Å²) in [4.78, 5) is 19.0. The van der Waals surface area contributed by atoms with Gasteiger partial charge in [0.15, 0.2) is 0 Å². The van der Waals surface area contributed by atoms with Crippen molar-refractivity contribution in [3.8, 4) is 0 Å². The average molecular weight is 249 g/mol. The topological polar surface area (TPSA) is 71.8 Å². The first-order chi connectivity index (χ1) is 8.81. The summed E-state index contributed by atoms with van der Waals surface area (Å²) in [5.41, 5.74) is 6.61. The summed E-state index contributed by atoms with van der Waals surface area (Å²) in [7, 11) is 0. The van der Waals surface area contributed by atoms with Crippen molar-refractivity contribution in [2.75, 3.05) is 6.54 Å². The maximum Gasteiger partial charge on any atom is 0.136 e. The van der Waals surface area contributed by atoms with E-state index in [-0.39, 0.29) is 0 Å². The Labute approximate surface area is 108 Å². The summed E-state index contributed by atoms with van der Waals surface area (Å²) in [5.74, 6) is 1.45. The Kier molecular flexibility index (Phi) is 4.93. The van der Waals surface area contributed by atoms with Gasteiger partial charge in [0.25, 0.3) is 0 Å². The number of unbranched alkanes of at least 4 members (excludes halogenated alkanes) is 2. The smallest absolute Gasteiger partial charge is 0.136 e. The first-order valence-corrected chi connectivity index (χ1v) is 7.01. The van der Waals surface area contributed by atoms with E-state index in [1.165, 1.54) is 5.69 Å². The summed E-state index contributed by atoms with van der Waals surface area (Å²) in [6.07, 6.45) is 10.7. The van der Waals surface area contributed by atoms with Gasteiger partial charge in [0.05, 0.1) is 6.33 Å². The molecular formula is C14H23N3O. The van der Waals surface area contributed by atoms with Crippen LogP contribution in [0, 0.1) is 11.8 Å². The number of nitrogens with zero attached hydrogens (tertiary/aromatic N) is 1. The number of Topliss-reactive ketones (excluding diaryl/α,β-unsaturated/α-hetero) is 1. The third kappa shape index (κ3) is 3.95. The van der Waals surface area contributed by atoms with Gasteiger partial charge < -0.3 is 10.7 Å². The fourth-order valence-electron chi connectivity index (χ4n) is 2.53. The largest absolute Gasteiger partial charge is 0.348 e. The second-order valence-corrected chi connectivity index (χ2v) is 5.28. The fraction of sp³-hybridized carbons (Fsp3) is 0.714. The van der Waals surface area contributed by atoms with Gasteiger partial charge in [-0.3, -0.25) is 4.79 Å². The van der Waals surface area contributed by atoms with Crippen molar-refractivity contribution in [2.24, 2.45) is 17.6 Å². The van der Waals surface area contributed by atoms with Gasteiger partial charge in [0, 0.05) is 24.2 Å². The van der Waals surface area contributed by atoms with Crippen LogP contribution in [0.4, 0.5) is 0 Å². The quantitative estimate of drug-likeness (QED) is 0.658. The Bertz CT molecular complexity index is 361. The van der Waals surface area contributed by atoms with Crippen molar-refractivity contribution in [1.29, 1.82) is 0 Å². The lowest BCUT2D eigenvalue weighted by atomic mass is 10.1. The molecule has 1 aliphatic carbocycles. The Morgan fingerprint density at radius 1 is 1.44 bits per heavy atom. The second-order valence-electron chi connectivity index (χ2n) is 5.28. The second kappa shape index (κ2) is 6.69. The number of aryl methyl sites for hydroxylation is 1. The third-order valence-corrected chi connectivity index (χ3v) is 3.80. The minimum absolute atomic E-state index is 0.353. The van der Waals surface area contributed by atoms with Gasteiger partial charge in [0.2, 0.25) is 0 Å². The Morgan fingerprint density at radius 3 is 3.06 bits per heavy atom. The number of ketones is 1. The highest BCUT2D eigenvalue weighted by atomic mass is 16.1. The van der Waals surface area contributed by atoms with Gasteiger partial charge >= 0.3 is 0 Å². The molecule has 1 saturated carbocycles. The van der Waals surface area contributed by atoms with Gasteiger partial charge in [-0.05, 0) is 44.6 Å². The van der Waals surface area contributed by atoms with Crippen LogP contribution in [0.2, 0.25) is 0 Å². The highest BCUT2D eigenvalue weighted by molar-refractivity contribution is 5.83. The molecule has 1 fully saturated rings. The number of hydrogen-bond acceptors (Lipinski definition) is 3. The number of rotatable bonds is 9. The van der Waals surface area contributed by atoms with Crippen LogP contribution < -0.4 is 5.73 Å². The predicted octanol–water partition coefficient (Wildman–Crippen LogP) is 2.07. The lowest BCUT2D eigenvalue weighted by Crippen LogP contribution is -2.04. The van der Waals surface area contributed by atoms with Crippen LogP contribution in [-0.2, 0) is 11.2 Å². The van der Waals surface area contributed by atoms with Crippen LogP contribution in [0.1, 0.15) is 44.2 Å². The zero-order chi connectivity index (χ0) is 12.8. The Hall–Kier alpha value is -1.16. The molecule has 2 atom stereocenters. The molecule has 0 aromatic carbocycles. The number of aromatic amines is 1. The van der Waals surface area contributed by atoms with Crippen molar-refractivity contribution in [3.05, 3.63) is 18.2 Å². The SMILES string of the molecule is NCCCCCC(=O)C1CC1CCc1cnc[nH]1. The molecule has 0 saturated heterocycles. The zero-order valence-corrected chi connectivity index (χ0v) is 10.9. The fourth-order valence-corrected chi connectivity index (χ4v) is 2.53. The predicted molar refractivity (Wildman–Crippen MR) is 71.0 cm³/mol. The normalized spacial score (nSPS) is 22.1. The zero-order valence-electron chi connectivity index (χ0n) is 10.9. The van der Waals surface area contributed by atoms with Crippen LogP contribution in [0.3, 0.4) is 0 Å². The molecule has 4 heteroatoms. The number of nitrogens with two attached hydrogens (primary N) is 1. The summed E-state index contributed by atoms with van der Waals surface area (Å²) >= 11 is 0. The van der Waals surface area contributed by atoms with E-state index in [4.69, 9.17) is 5.73 Å². The molecule has 0 bridgehead atoms. The number of hydrogen-bond donors (Lipinski definition) is 2. The Morgan fingerprint density at radius 2 is 2.33 bits per heavy atom. The first kappa shape index (κ1) is 13.3. The molecule has 1 heterocycles. The molecule has 2 unspecified atom stereocenters. The number of imidazole rings is 1. The minimum Gasteiger partial charge on any atom is -0.348 e. The molecule has 1 aromatic heterocycles. The van der Waals surface area contributed by atoms with Gasteiger partial charge in [-0.2, -0.15) is 0 Å². The molecule has 4 nitrogen and oxygen atoms in total. The molecule has 18 heavy (non-hydrogen) atoms. The number of aromatic nitrogens is 2. The van der Waals surface area contributed by atoms with Crippen LogP contribution in [0.15, 0.2) is 12.5 Å². The van der Waals surface area contributed by atoms with E-state index in [1.807, 2.05) is 6.20 Å². The standard InChI is InChI=1S/C14H23N3O/c15-7-3-1-2-4-14(18)13-8-11(13)5-6-12-9-16-10-17-12/h9-11,13H,1-8,15H2,(H,16,17). The molecule has 2 rings (SSSR count). The van der Waals surface area contributed by atoms with E-state index >= 15 is 0 Å². The van der Waals surface area contributed by atoms with Crippen LogP contribution in [0.25, 0.3) is 0 Å². The van der Waals surface area contributed by atoms with Crippen molar-refractivity contribution in [2.45, 2.75) is 44.9 Å². The van der Waals surface area contributed by atoms with E-state index in [9.17, 15) is 4.79 Å². The third-order valence-electron chi connectivity index (χ3n) is 3.80. The molecule has 3 N–H and O–H groups in total. The van der Waals surface area contributed by atoms with Gasteiger partial charge in [0.1, 0.15) is 5.78 Å². The van der Waals surface area contributed by atoms with E-state index < -0.39 is 0 Å². The molecule has 1 aliphatic rings. The summed E-state index contributed by atoms with van der Waals surface area (Å²) in [5, 5.41) is 0. The summed E-state index contributed by atoms with van der Waals surface area (Å²) < 4.78 is 0. The monoisotopic (exact) mass is 249 g/mol. The Balaban J connectivity index is 1.57. The maximum absolute atomic E-state index is 11.9. The van der Waals surface area contributed by atoms with Gasteiger partial charge in [-0.1, -0.05) is 6.42 Å². The number of nitrogens with one attached hydrogen (secondary N) is 1. The van der Waals surface area contributed by atoms with E-state index in [1.54, 1.807) is 6.33 Å². The molecular weight excluding hydrogens is 226 g/mol. The number of carbonyl (C=O) groups is 1. The minimum atomic E-state index is 0.353. The molecule has 0 spiro atoms. The van der Waals surface area contributed by atoms with Crippen LogP contribution in [-0.4, -0.2) is 22.3 Å². The van der Waals surface area contributed by atoms with Crippen molar-refractivity contribution in [3.63, 3.8) is 0 Å². The molecule has 1 aromatic rings. The summed E-state index contributed by atoms with van der Waals surface area (Å²) in [6, 6.07) is 0. The molecule has 100 valence electrons. The number of carbonyl (C=O) groups excluding carboxylic acids is 1. The van der Waals surface area contributed by atoms with Gasteiger partial charge in [-0.15, -0.1) is 0 Å². The van der Waals surface area contributed by atoms with Crippen LogP contribution in [0.5, 0.6) is 0 Å². The highest BCUT2D eigenvalue weighted by Gasteiger charge is 2.41. The van der Waals surface area contributed by atoms with E-state index in [2.05, 4.69) is 9.97 Å².